The Bertz CT molecular complexity index is 479. The van der Waals surface area contributed by atoms with Crippen molar-refractivity contribution in [3.05, 3.63) is 15.1 Å². The Morgan fingerprint density at radius 2 is 1.90 bits per heavy atom. The van der Waals surface area contributed by atoms with Gasteiger partial charge in [-0.25, -0.2) is 9.97 Å². The van der Waals surface area contributed by atoms with E-state index in [1.54, 1.807) is 0 Å². The highest BCUT2D eigenvalue weighted by molar-refractivity contribution is 14.1. The quantitative estimate of drug-likeness (QED) is 0.754. The third-order valence-corrected chi connectivity index (χ3v) is 5.21. The minimum Gasteiger partial charge on any atom is -0.383 e. The highest BCUT2D eigenvalue weighted by Gasteiger charge is 2.38. The Balaban J connectivity index is 2.42. The summed E-state index contributed by atoms with van der Waals surface area (Å²) in [7, 11) is 0. The van der Waals surface area contributed by atoms with Crippen molar-refractivity contribution in [3.63, 3.8) is 0 Å². The van der Waals surface area contributed by atoms with Crippen molar-refractivity contribution in [1.29, 1.82) is 0 Å². The predicted molar refractivity (Wildman–Crippen MR) is 94.1 cm³/mol. The molecule has 1 aromatic heterocycles. The molecule has 0 atom stereocenters. The molecule has 1 heterocycles. The summed E-state index contributed by atoms with van der Waals surface area (Å²) in [6.45, 7) is 7.14. The third-order valence-electron chi connectivity index (χ3n) is 4.04. The molecule has 4 nitrogen and oxygen atoms in total. The SMILES string of the molecule is CCOC1(c2nc(N)c(I)c(CC(C)C)n2)CCCCC1. The van der Waals surface area contributed by atoms with Gasteiger partial charge in [0.15, 0.2) is 5.82 Å². The first kappa shape index (κ1) is 16.9. The van der Waals surface area contributed by atoms with Gasteiger partial charge in [-0.3, -0.25) is 0 Å². The van der Waals surface area contributed by atoms with Crippen LogP contribution in [0.15, 0.2) is 0 Å². The van der Waals surface area contributed by atoms with Gasteiger partial charge in [0.1, 0.15) is 11.4 Å². The van der Waals surface area contributed by atoms with Gasteiger partial charge in [-0.05, 0) is 54.7 Å². The first-order valence-electron chi connectivity index (χ1n) is 7.95. The molecular weight excluding hydrogens is 377 g/mol. The number of aromatic nitrogens is 2. The number of hydrogen-bond acceptors (Lipinski definition) is 4. The van der Waals surface area contributed by atoms with Crippen LogP contribution < -0.4 is 5.73 Å². The topological polar surface area (TPSA) is 61.0 Å². The molecule has 118 valence electrons. The van der Waals surface area contributed by atoms with Crippen LogP contribution in [0.2, 0.25) is 0 Å². The minimum atomic E-state index is -0.322. The molecule has 5 heteroatoms. The van der Waals surface area contributed by atoms with Crippen LogP contribution in [0.3, 0.4) is 0 Å². The van der Waals surface area contributed by atoms with Gasteiger partial charge >= 0.3 is 0 Å². The van der Waals surface area contributed by atoms with Crippen LogP contribution in [0.4, 0.5) is 5.82 Å². The molecule has 0 saturated heterocycles. The van der Waals surface area contributed by atoms with E-state index in [9.17, 15) is 0 Å². The van der Waals surface area contributed by atoms with Crippen molar-refractivity contribution in [2.75, 3.05) is 12.3 Å². The molecule has 1 aromatic rings. The number of nitrogens with two attached hydrogens (primary N) is 1. The average molecular weight is 403 g/mol. The summed E-state index contributed by atoms with van der Waals surface area (Å²) < 4.78 is 7.12. The van der Waals surface area contributed by atoms with Gasteiger partial charge in [-0.2, -0.15) is 0 Å². The summed E-state index contributed by atoms with van der Waals surface area (Å²) in [5.41, 5.74) is 6.89. The van der Waals surface area contributed by atoms with Crippen LogP contribution in [-0.2, 0) is 16.8 Å². The standard InChI is InChI=1S/C16H26IN3O/c1-4-21-16(8-6-5-7-9-16)15-19-12(10-11(2)3)13(17)14(18)20-15/h11H,4-10H2,1-3H3,(H2,18,19,20). The lowest BCUT2D eigenvalue weighted by Crippen LogP contribution is -2.35. The van der Waals surface area contributed by atoms with Crippen molar-refractivity contribution < 1.29 is 4.74 Å². The zero-order chi connectivity index (χ0) is 15.5. The number of halogens is 1. The molecule has 2 rings (SSSR count). The summed E-state index contributed by atoms with van der Waals surface area (Å²) in [5.74, 6) is 1.95. The lowest BCUT2D eigenvalue weighted by molar-refractivity contribution is -0.0767. The first-order chi connectivity index (χ1) is 9.98. The number of nitrogen functional groups attached to an aromatic ring is 1. The van der Waals surface area contributed by atoms with Gasteiger partial charge in [-0.15, -0.1) is 0 Å². The monoisotopic (exact) mass is 403 g/mol. The Kier molecular flexibility index (Phi) is 5.82. The number of hydrogen-bond donors (Lipinski definition) is 1. The second-order valence-electron chi connectivity index (χ2n) is 6.28. The third kappa shape index (κ3) is 3.86. The molecule has 2 N–H and O–H groups in total. The molecule has 1 fully saturated rings. The van der Waals surface area contributed by atoms with Gasteiger partial charge in [0.2, 0.25) is 0 Å². The second kappa shape index (κ2) is 7.22. The largest absolute Gasteiger partial charge is 0.383 e. The maximum absolute atomic E-state index is 6.14. The van der Waals surface area contributed by atoms with Gasteiger partial charge < -0.3 is 10.5 Å². The van der Waals surface area contributed by atoms with Crippen LogP contribution >= 0.6 is 22.6 Å². The zero-order valence-electron chi connectivity index (χ0n) is 13.3. The van der Waals surface area contributed by atoms with Crippen molar-refractivity contribution in [2.24, 2.45) is 5.92 Å². The fraction of sp³-hybridized carbons (Fsp3) is 0.750. The Labute approximate surface area is 141 Å². The molecule has 21 heavy (non-hydrogen) atoms. The molecule has 1 aliphatic carbocycles. The summed E-state index contributed by atoms with van der Waals surface area (Å²) in [5, 5.41) is 0. The molecule has 0 aliphatic heterocycles. The van der Waals surface area contributed by atoms with Gasteiger partial charge in [0.05, 0.1) is 9.26 Å². The molecule has 0 amide bonds. The molecule has 0 bridgehead atoms. The number of ether oxygens (including phenoxy) is 1. The Morgan fingerprint density at radius 1 is 1.24 bits per heavy atom. The fourth-order valence-corrected chi connectivity index (χ4v) is 3.53. The predicted octanol–water partition coefficient (Wildman–Crippen LogP) is 4.06. The van der Waals surface area contributed by atoms with Gasteiger partial charge in [-0.1, -0.05) is 33.1 Å². The Hall–Kier alpha value is -0.430. The fourth-order valence-electron chi connectivity index (χ4n) is 3.07. The van der Waals surface area contributed by atoms with Crippen molar-refractivity contribution in [3.8, 4) is 0 Å². The van der Waals surface area contributed by atoms with Crippen LogP contribution in [0, 0.1) is 9.49 Å². The lowest BCUT2D eigenvalue weighted by atomic mass is 9.83. The van der Waals surface area contributed by atoms with E-state index in [1.807, 2.05) is 6.92 Å². The average Bonchev–Trinajstić information content (AvgIpc) is 2.44. The van der Waals surface area contributed by atoms with E-state index in [0.717, 1.165) is 34.4 Å². The zero-order valence-corrected chi connectivity index (χ0v) is 15.4. The molecule has 0 spiro atoms. The van der Waals surface area contributed by atoms with E-state index < -0.39 is 0 Å². The molecular formula is C16H26IN3O. The van der Waals surface area contributed by atoms with E-state index in [-0.39, 0.29) is 5.60 Å². The van der Waals surface area contributed by atoms with Crippen molar-refractivity contribution in [1.82, 2.24) is 9.97 Å². The molecule has 1 aliphatic rings. The van der Waals surface area contributed by atoms with Gasteiger partial charge in [0, 0.05) is 6.61 Å². The molecule has 0 unspecified atom stereocenters. The Morgan fingerprint density at radius 3 is 2.48 bits per heavy atom. The highest BCUT2D eigenvalue weighted by atomic mass is 127. The van der Waals surface area contributed by atoms with E-state index in [1.165, 1.54) is 19.3 Å². The second-order valence-corrected chi connectivity index (χ2v) is 7.36. The van der Waals surface area contributed by atoms with Crippen molar-refractivity contribution in [2.45, 2.75) is 64.9 Å². The van der Waals surface area contributed by atoms with Crippen LogP contribution in [0.5, 0.6) is 0 Å². The highest BCUT2D eigenvalue weighted by Crippen LogP contribution is 2.39. The minimum absolute atomic E-state index is 0.322. The summed E-state index contributed by atoms with van der Waals surface area (Å²) in [6, 6.07) is 0. The van der Waals surface area contributed by atoms with Crippen LogP contribution in [0.1, 0.15) is 64.4 Å². The molecule has 0 aromatic carbocycles. The van der Waals surface area contributed by atoms with E-state index in [2.05, 4.69) is 41.4 Å². The van der Waals surface area contributed by atoms with Crippen LogP contribution in [0.25, 0.3) is 0 Å². The number of nitrogens with zero attached hydrogens (tertiary/aromatic N) is 2. The van der Waals surface area contributed by atoms with Crippen LogP contribution in [-0.4, -0.2) is 16.6 Å². The van der Waals surface area contributed by atoms with E-state index >= 15 is 0 Å². The summed E-state index contributed by atoms with van der Waals surface area (Å²) in [6.07, 6.45) is 6.56. The maximum Gasteiger partial charge on any atom is 0.162 e. The maximum atomic E-state index is 6.14. The smallest absolute Gasteiger partial charge is 0.162 e. The number of rotatable bonds is 5. The molecule has 1 saturated carbocycles. The van der Waals surface area contributed by atoms with Gasteiger partial charge in [0.25, 0.3) is 0 Å². The summed E-state index contributed by atoms with van der Waals surface area (Å²) in [4.78, 5) is 9.45. The van der Waals surface area contributed by atoms with E-state index in [4.69, 9.17) is 15.5 Å². The lowest BCUT2D eigenvalue weighted by Gasteiger charge is -2.36. The number of anilines is 1. The van der Waals surface area contributed by atoms with E-state index in [0.29, 0.717) is 18.3 Å². The normalized spacial score (nSPS) is 18.1. The van der Waals surface area contributed by atoms with Crippen molar-refractivity contribution >= 4 is 28.4 Å². The first-order valence-corrected chi connectivity index (χ1v) is 9.02. The molecule has 0 radical (unpaired) electrons. The summed E-state index contributed by atoms with van der Waals surface area (Å²) >= 11 is 2.26.